The van der Waals surface area contributed by atoms with Crippen LogP contribution in [0.25, 0.3) is 0 Å². The molecule has 0 unspecified atom stereocenters. The largest absolute Gasteiger partial charge is 0.421 e. The van der Waals surface area contributed by atoms with Gasteiger partial charge in [-0.3, -0.25) is 0 Å². The van der Waals surface area contributed by atoms with Crippen molar-refractivity contribution in [2.24, 2.45) is 0 Å². The summed E-state index contributed by atoms with van der Waals surface area (Å²) in [5, 5.41) is 5.68. The van der Waals surface area contributed by atoms with Crippen molar-refractivity contribution in [3.63, 3.8) is 0 Å². The van der Waals surface area contributed by atoms with Crippen molar-refractivity contribution in [2.75, 3.05) is 10.6 Å². The smallest absolute Gasteiger partial charge is 0.340 e. The van der Waals surface area contributed by atoms with Crippen molar-refractivity contribution < 1.29 is 13.2 Å². The zero-order valence-electron chi connectivity index (χ0n) is 15.8. The van der Waals surface area contributed by atoms with Crippen LogP contribution in [-0.2, 0) is 11.6 Å². The average molecular weight is 386 g/mol. The van der Waals surface area contributed by atoms with E-state index >= 15 is 0 Å². The molecule has 0 saturated carbocycles. The standard InChI is InChI=1S/C21H21F3N4/c1-20(2,3)14-9-11-16(12-10-14)26-18-17(21(22,23)24)13-25-19(28-18)27-15-7-5-4-6-8-15/h4-13H,1-3H3,(H2,25,26,27,28). The molecule has 0 amide bonds. The van der Waals surface area contributed by atoms with Crippen LogP contribution in [0.15, 0.2) is 60.8 Å². The van der Waals surface area contributed by atoms with E-state index < -0.39 is 11.7 Å². The number of nitrogens with zero attached hydrogens (tertiary/aromatic N) is 2. The van der Waals surface area contributed by atoms with E-state index in [1.807, 2.05) is 30.3 Å². The molecule has 0 bridgehead atoms. The fraction of sp³-hybridized carbons (Fsp3) is 0.238. The minimum Gasteiger partial charge on any atom is -0.340 e. The maximum absolute atomic E-state index is 13.4. The molecule has 7 heteroatoms. The van der Waals surface area contributed by atoms with Gasteiger partial charge >= 0.3 is 6.18 Å². The second-order valence-electron chi connectivity index (χ2n) is 7.40. The highest BCUT2D eigenvalue weighted by Crippen LogP contribution is 2.35. The molecule has 2 aromatic carbocycles. The molecule has 3 rings (SSSR count). The Bertz CT molecular complexity index is 931. The number of para-hydroxylation sites is 1. The molecular formula is C21H21F3N4. The van der Waals surface area contributed by atoms with Gasteiger partial charge in [0.15, 0.2) is 0 Å². The van der Waals surface area contributed by atoms with E-state index in [2.05, 4.69) is 41.4 Å². The topological polar surface area (TPSA) is 49.8 Å². The Morgan fingerprint density at radius 3 is 1.96 bits per heavy atom. The van der Waals surface area contributed by atoms with Gasteiger partial charge in [0.05, 0.1) is 0 Å². The van der Waals surface area contributed by atoms with Crippen LogP contribution in [0, 0.1) is 0 Å². The molecule has 0 atom stereocenters. The third-order valence-corrected chi connectivity index (χ3v) is 4.14. The number of hydrogen-bond donors (Lipinski definition) is 2. The summed E-state index contributed by atoms with van der Waals surface area (Å²) < 4.78 is 40.2. The third-order valence-electron chi connectivity index (χ3n) is 4.14. The molecule has 2 N–H and O–H groups in total. The zero-order valence-corrected chi connectivity index (χ0v) is 15.8. The van der Waals surface area contributed by atoms with Gasteiger partial charge < -0.3 is 10.6 Å². The Labute approximate surface area is 161 Å². The van der Waals surface area contributed by atoms with Crippen molar-refractivity contribution in [3.05, 3.63) is 71.9 Å². The SMILES string of the molecule is CC(C)(C)c1ccc(Nc2nc(Nc3ccccc3)ncc2C(F)(F)F)cc1. The maximum Gasteiger partial charge on any atom is 0.421 e. The van der Waals surface area contributed by atoms with Gasteiger partial charge in [0.1, 0.15) is 11.4 Å². The summed E-state index contributed by atoms with van der Waals surface area (Å²) in [5.74, 6) is -0.225. The summed E-state index contributed by atoms with van der Waals surface area (Å²) in [6, 6.07) is 16.3. The summed E-state index contributed by atoms with van der Waals surface area (Å²) in [6.45, 7) is 6.22. The molecule has 0 spiro atoms. The van der Waals surface area contributed by atoms with Crippen LogP contribution in [0.5, 0.6) is 0 Å². The molecule has 146 valence electrons. The number of benzene rings is 2. The first-order valence-corrected chi connectivity index (χ1v) is 8.77. The lowest BCUT2D eigenvalue weighted by Crippen LogP contribution is -2.13. The van der Waals surface area contributed by atoms with E-state index in [1.54, 1.807) is 24.3 Å². The summed E-state index contributed by atoms with van der Waals surface area (Å²) in [6.07, 6.45) is -3.79. The molecule has 0 aliphatic heterocycles. The number of nitrogens with one attached hydrogen (secondary N) is 2. The highest BCUT2D eigenvalue weighted by molar-refractivity contribution is 5.63. The van der Waals surface area contributed by atoms with E-state index in [0.717, 1.165) is 11.8 Å². The number of rotatable bonds is 4. The van der Waals surface area contributed by atoms with Crippen molar-refractivity contribution >= 4 is 23.1 Å². The quantitative estimate of drug-likeness (QED) is 0.554. The predicted octanol–water partition coefficient (Wildman–Crippen LogP) is 6.28. The molecule has 28 heavy (non-hydrogen) atoms. The van der Waals surface area contributed by atoms with Crippen molar-refractivity contribution in [1.82, 2.24) is 9.97 Å². The van der Waals surface area contributed by atoms with Crippen LogP contribution in [0.3, 0.4) is 0 Å². The Balaban J connectivity index is 1.91. The van der Waals surface area contributed by atoms with E-state index in [-0.39, 0.29) is 17.2 Å². The Morgan fingerprint density at radius 1 is 0.786 bits per heavy atom. The Kier molecular flexibility index (Phi) is 5.27. The van der Waals surface area contributed by atoms with Crippen molar-refractivity contribution in [3.8, 4) is 0 Å². The summed E-state index contributed by atoms with van der Waals surface area (Å²) in [5.41, 5.74) is 1.32. The minimum absolute atomic E-state index is 0.0443. The number of alkyl halides is 3. The van der Waals surface area contributed by atoms with Gasteiger partial charge in [-0.25, -0.2) is 4.98 Å². The van der Waals surface area contributed by atoms with E-state index in [0.29, 0.717) is 11.4 Å². The van der Waals surface area contributed by atoms with E-state index in [9.17, 15) is 13.2 Å². The first-order chi connectivity index (χ1) is 13.1. The molecule has 1 aromatic heterocycles. The lowest BCUT2D eigenvalue weighted by Gasteiger charge is -2.20. The number of halogens is 3. The molecule has 0 fully saturated rings. The molecule has 4 nitrogen and oxygen atoms in total. The van der Waals surface area contributed by atoms with Crippen molar-refractivity contribution in [2.45, 2.75) is 32.4 Å². The third kappa shape index (κ3) is 4.79. The average Bonchev–Trinajstić information content (AvgIpc) is 2.61. The Hall–Kier alpha value is -3.09. The molecule has 0 aliphatic carbocycles. The van der Waals surface area contributed by atoms with Gasteiger partial charge in [-0.05, 0) is 35.2 Å². The van der Waals surface area contributed by atoms with Crippen molar-refractivity contribution in [1.29, 1.82) is 0 Å². The lowest BCUT2D eigenvalue weighted by molar-refractivity contribution is -0.137. The zero-order chi connectivity index (χ0) is 20.4. The summed E-state index contributed by atoms with van der Waals surface area (Å²) in [4.78, 5) is 7.85. The second-order valence-corrected chi connectivity index (χ2v) is 7.40. The highest BCUT2D eigenvalue weighted by atomic mass is 19.4. The van der Waals surface area contributed by atoms with Gasteiger partial charge in [-0.1, -0.05) is 51.1 Å². The van der Waals surface area contributed by atoms with Crippen LogP contribution < -0.4 is 10.6 Å². The molecule has 0 saturated heterocycles. The Morgan fingerprint density at radius 2 is 1.39 bits per heavy atom. The van der Waals surface area contributed by atoms with Gasteiger partial charge in [0.25, 0.3) is 0 Å². The van der Waals surface area contributed by atoms with Crippen LogP contribution in [-0.4, -0.2) is 9.97 Å². The predicted molar refractivity (Wildman–Crippen MR) is 105 cm³/mol. The molecular weight excluding hydrogens is 365 g/mol. The van der Waals surface area contributed by atoms with Crippen LogP contribution >= 0.6 is 0 Å². The highest BCUT2D eigenvalue weighted by Gasteiger charge is 2.35. The first kappa shape index (κ1) is 19.7. The lowest BCUT2D eigenvalue weighted by atomic mass is 9.87. The summed E-state index contributed by atoms with van der Waals surface area (Å²) >= 11 is 0. The first-order valence-electron chi connectivity index (χ1n) is 8.77. The van der Waals surface area contributed by atoms with Crippen LogP contribution in [0.1, 0.15) is 31.9 Å². The summed E-state index contributed by atoms with van der Waals surface area (Å²) in [7, 11) is 0. The second kappa shape index (κ2) is 7.50. The minimum atomic E-state index is -4.57. The molecule has 0 aliphatic rings. The van der Waals surface area contributed by atoms with E-state index in [4.69, 9.17) is 0 Å². The van der Waals surface area contributed by atoms with Gasteiger partial charge in [-0.15, -0.1) is 0 Å². The maximum atomic E-state index is 13.4. The van der Waals surface area contributed by atoms with Gasteiger partial charge in [0.2, 0.25) is 5.95 Å². The van der Waals surface area contributed by atoms with Gasteiger partial charge in [-0.2, -0.15) is 18.2 Å². The normalized spacial score (nSPS) is 11.9. The van der Waals surface area contributed by atoms with E-state index in [1.165, 1.54) is 0 Å². The fourth-order valence-corrected chi connectivity index (χ4v) is 2.59. The fourth-order valence-electron chi connectivity index (χ4n) is 2.59. The van der Waals surface area contributed by atoms with Crippen LogP contribution in [0.2, 0.25) is 0 Å². The van der Waals surface area contributed by atoms with Crippen LogP contribution in [0.4, 0.5) is 36.3 Å². The number of hydrogen-bond acceptors (Lipinski definition) is 4. The van der Waals surface area contributed by atoms with Gasteiger partial charge in [0, 0.05) is 17.6 Å². The number of aromatic nitrogens is 2. The molecule has 3 aromatic rings. The molecule has 1 heterocycles. The molecule has 0 radical (unpaired) electrons. The monoisotopic (exact) mass is 386 g/mol. The number of anilines is 4.